The van der Waals surface area contributed by atoms with E-state index in [0.717, 1.165) is 21.5 Å². The molecule has 1 N–H and O–H groups in total. The predicted molar refractivity (Wildman–Crippen MR) is 61.9 cm³/mol. The third-order valence-corrected chi connectivity index (χ3v) is 2.92. The van der Waals surface area contributed by atoms with E-state index in [1.165, 1.54) is 0 Å². The van der Waals surface area contributed by atoms with Crippen LogP contribution in [-0.2, 0) is 6.61 Å². The van der Waals surface area contributed by atoms with E-state index in [2.05, 4.69) is 20.9 Å². The molecule has 0 aliphatic rings. The van der Waals surface area contributed by atoms with Crippen LogP contribution in [-0.4, -0.2) is 14.7 Å². The molecule has 0 radical (unpaired) electrons. The van der Waals surface area contributed by atoms with Crippen molar-refractivity contribution in [1.82, 2.24) is 9.55 Å². The average Bonchev–Trinajstić information content (AvgIpc) is 2.64. The SMILES string of the molecule is Cc1nccn1-c1ccc(CO)cc1Br. The smallest absolute Gasteiger partial charge is 0.110 e. The van der Waals surface area contributed by atoms with E-state index < -0.39 is 0 Å². The lowest BCUT2D eigenvalue weighted by molar-refractivity contribution is 0.282. The van der Waals surface area contributed by atoms with Gasteiger partial charge in [0.25, 0.3) is 0 Å². The number of imidazole rings is 1. The summed E-state index contributed by atoms with van der Waals surface area (Å²) >= 11 is 3.48. The summed E-state index contributed by atoms with van der Waals surface area (Å²) < 4.78 is 2.95. The molecule has 0 atom stereocenters. The van der Waals surface area contributed by atoms with Crippen LogP contribution in [0.2, 0.25) is 0 Å². The highest BCUT2D eigenvalue weighted by molar-refractivity contribution is 9.10. The highest BCUT2D eigenvalue weighted by Gasteiger charge is 2.05. The summed E-state index contributed by atoms with van der Waals surface area (Å²) in [4.78, 5) is 4.17. The maximum Gasteiger partial charge on any atom is 0.110 e. The van der Waals surface area contributed by atoms with Crippen molar-refractivity contribution in [3.05, 3.63) is 46.5 Å². The Morgan fingerprint density at radius 3 is 2.80 bits per heavy atom. The molecule has 15 heavy (non-hydrogen) atoms. The van der Waals surface area contributed by atoms with E-state index in [0.29, 0.717) is 0 Å². The van der Waals surface area contributed by atoms with Gasteiger partial charge in [0.05, 0.1) is 12.3 Å². The molecule has 0 saturated heterocycles. The van der Waals surface area contributed by atoms with Crippen molar-refractivity contribution in [2.75, 3.05) is 0 Å². The largest absolute Gasteiger partial charge is 0.392 e. The van der Waals surface area contributed by atoms with Gasteiger partial charge in [0.2, 0.25) is 0 Å². The van der Waals surface area contributed by atoms with Crippen LogP contribution >= 0.6 is 15.9 Å². The van der Waals surface area contributed by atoms with Gasteiger partial charge < -0.3 is 9.67 Å². The van der Waals surface area contributed by atoms with Crippen molar-refractivity contribution < 1.29 is 5.11 Å². The number of halogens is 1. The van der Waals surface area contributed by atoms with Gasteiger partial charge in [-0.1, -0.05) is 6.07 Å². The Morgan fingerprint density at radius 1 is 1.47 bits per heavy atom. The number of aliphatic hydroxyl groups is 1. The van der Waals surface area contributed by atoms with Crippen LogP contribution in [0.3, 0.4) is 0 Å². The van der Waals surface area contributed by atoms with Crippen molar-refractivity contribution in [3.63, 3.8) is 0 Å². The molecular weight excluding hydrogens is 256 g/mol. The molecule has 0 aliphatic carbocycles. The van der Waals surface area contributed by atoms with Crippen LogP contribution in [0.4, 0.5) is 0 Å². The molecule has 1 aromatic heterocycles. The van der Waals surface area contributed by atoms with E-state index >= 15 is 0 Å². The first-order valence-electron chi connectivity index (χ1n) is 4.62. The van der Waals surface area contributed by atoms with Crippen molar-refractivity contribution >= 4 is 15.9 Å². The number of hydrogen-bond donors (Lipinski definition) is 1. The molecule has 0 fully saturated rings. The summed E-state index contributed by atoms with van der Waals surface area (Å²) in [5, 5.41) is 9.00. The fourth-order valence-corrected chi connectivity index (χ4v) is 2.09. The molecule has 2 aromatic rings. The lowest BCUT2D eigenvalue weighted by Gasteiger charge is -2.08. The first-order chi connectivity index (χ1) is 7.22. The van der Waals surface area contributed by atoms with Crippen LogP contribution in [0.5, 0.6) is 0 Å². The zero-order valence-electron chi connectivity index (χ0n) is 8.31. The maximum atomic E-state index is 9.00. The summed E-state index contributed by atoms with van der Waals surface area (Å²) in [5.74, 6) is 0.937. The normalized spacial score (nSPS) is 10.6. The van der Waals surface area contributed by atoms with Crippen molar-refractivity contribution in [3.8, 4) is 5.69 Å². The van der Waals surface area contributed by atoms with Crippen molar-refractivity contribution in [2.45, 2.75) is 13.5 Å². The first-order valence-corrected chi connectivity index (χ1v) is 5.41. The van der Waals surface area contributed by atoms with Gasteiger partial charge >= 0.3 is 0 Å². The van der Waals surface area contributed by atoms with Gasteiger partial charge in [-0.2, -0.15) is 0 Å². The van der Waals surface area contributed by atoms with Crippen LogP contribution in [0.25, 0.3) is 5.69 Å². The van der Waals surface area contributed by atoms with E-state index in [4.69, 9.17) is 5.11 Å². The minimum absolute atomic E-state index is 0.0573. The van der Waals surface area contributed by atoms with Gasteiger partial charge in [0, 0.05) is 16.9 Å². The molecule has 1 heterocycles. The number of aliphatic hydroxyl groups excluding tert-OH is 1. The summed E-state index contributed by atoms with van der Waals surface area (Å²) in [6.45, 7) is 2.01. The second-order valence-corrected chi connectivity index (χ2v) is 4.14. The van der Waals surface area contributed by atoms with Crippen LogP contribution in [0.1, 0.15) is 11.4 Å². The summed E-state index contributed by atoms with van der Waals surface area (Å²) in [7, 11) is 0. The molecule has 2 rings (SSSR count). The molecule has 3 nitrogen and oxygen atoms in total. The van der Waals surface area contributed by atoms with Gasteiger partial charge in [0.15, 0.2) is 0 Å². The van der Waals surface area contributed by atoms with Gasteiger partial charge in [-0.05, 0) is 40.5 Å². The van der Waals surface area contributed by atoms with Crippen molar-refractivity contribution in [1.29, 1.82) is 0 Å². The Labute approximate surface area is 96.5 Å². The average molecular weight is 267 g/mol. The zero-order valence-corrected chi connectivity index (χ0v) is 9.90. The molecule has 78 valence electrons. The van der Waals surface area contributed by atoms with Crippen molar-refractivity contribution in [2.24, 2.45) is 0 Å². The minimum Gasteiger partial charge on any atom is -0.392 e. The maximum absolute atomic E-state index is 9.00. The fourth-order valence-electron chi connectivity index (χ4n) is 1.48. The van der Waals surface area contributed by atoms with E-state index in [1.54, 1.807) is 6.20 Å². The lowest BCUT2D eigenvalue weighted by Crippen LogP contribution is -1.97. The first kappa shape index (κ1) is 10.4. The Bertz CT molecular complexity index is 479. The van der Waals surface area contributed by atoms with Gasteiger partial charge in [-0.3, -0.25) is 0 Å². The predicted octanol–water partition coefficient (Wildman–Crippen LogP) is 2.44. The fraction of sp³-hybridized carbons (Fsp3) is 0.182. The quantitative estimate of drug-likeness (QED) is 0.907. The number of aryl methyl sites for hydroxylation is 1. The number of hydrogen-bond acceptors (Lipinski definition) is 2. The summed E-state index contributed by atoms with van der Waals surface area (Å²) in [6, 6.07) is 5.78. The minimum atomic E-state index is 0.0573. The second kappa shape index (κ2) is 4.16. The molecule has 0 saturated carbocycles. The third kappa shape index (κ3) is 1.96. The number of benzene rings is 1. The standard InChI is InChI=1S/C11H11BrN2O/c1-8-13-4-5-14(8)11-3-2-9(7-15)6-10(11)12/h2-6,15H,7H2,1H3. The van der Waals surface area contributed by atoms with E-state index in [1.807, 2.05) is 35.9 Å². The number of rotatable bonds is 2. The summed E-state index contributed by atoms with van der Waals surface area (Å²) in [5.41, 5.74) is 1.92. The molecule has 0 spiro atoms. The molecule has 0 aliphatic heterocycles. The van der Waals surface area contributed by atoms with Crippen LogP contribution < -0.4 is 0 Å². The molecule has 0 unspecified atom stereocenters. The van der Waals surface area contributed by atoms with Crippen LogP contribution in [0.15, 0.2) is 35.1 Å². The van der Waals surface area contributed by atoms with Crippen LogP contribution in [0, 0.1) is 6.92 Å². The van der Waals surface area contributed by atoms with Gasteiger partial charge in [-0.15, -0.1) is 0 Å². The monoisotopic (exact) mass is 266 g/mol. The number of aromatic nitrogens is 2. The topological polar surface area (TPSA) is 38.0 Å². The Kier molecular flexibility index (Phi) is 2.88. The van der Waals surface area contributed by atoms with E-state index in [9.17, 15) is 0 Å². The Balaban J connectivity index is 2.50. The molecule has 0 amide bonds. The highest BCUT2D eigenvalue weighted by Crippen LogP contribution is 2.23. The molecule has 1 aromatic carbocycles. The Hall–Kier alpha value is -1.13. The molecular formula is C11H11BrN2O. The zero-order chi connectivity index (χ0) is 10.8. The highest BCUT2D eigenvalue weighted by atomic mass is 79.9. The van der Waals surface area contributed by atoms with E-state index in [-0.39, 0.29) is 6.61 Å². The lowest BCUT2D eigenvalue weighted by atomic mass is 10.2. The number of nitrogens with zero attached hydrogens (tertiary/aromatic N) is 2. The van der Waals surface area contributed by atoms with Gasteiger partial charge in [0.1, 0.15) is 5.82 Å². The Morgan fingerprint density at radius 2 is 2.27 bits per heavy atom. The second-order valence-electron chi connectivity index (χ2n) is 3.29. The molecule has 4 heteroatoms. The summed E-state index contributed by atoms with van der Waals surface area (Å²) in [6.07, 6.45) is 3.68. The third-order valence-electron chi connectivity index (χ3n) is 2.28. The van der Waals surface area contributed by atoms with Gasteiger partial charge in [-0.25, -0.2) is 4.98 Å². The molecule has 0 bridgehead atoms.